The van der Waals surface area contributed by atoms with Crippen LogP contribution >= 0.6 is 0 Å². The minimum atomic E-state index is -0.424. The van der Waals surface area contributed by atoms with Crippen LogP contribution in [0.15, 0.2) is 0 Å². The first kappa shape index (κ1) is 19.3. The van der Waals surface area contributed by atoms with Gasteiger partial charge in [-0.1, -0.05) is 6.92 Å². The Balaban J connectivity index is 3.67. The number of nitrogens with zero attached hydrogens (tertiary/aromatic N) is 1. The molecule has 0 fully saturated rings. The van der Waals surface area contributed by atoms with Crippen LogP contribution in [-0.4, -0.2) is 51.7 Å². The van der Waals surface area contributed by atoms with Gasteiger partial charge in [-0.25, -0.2) is 0 Å². The van der Waals surface area contributed by atoms with Gasteiger partial charge >= 0.3 is 0 Å². The molecule has 1 N–H and O–H groups in total. The number of nitrogens with one attached hydrogen (secondary N) is 1. The Labute approximate surface area is 123 Å². The minimum absolute atomic E-state index is 0.310. The second-order valence-electron chi connectivity index (χ2n) is 5.17. The predicted octanol–water partition coefficient (Wildman–Crippen LogP) is 2.12. The van der Waals surface area contributed by atoms with E-state index in [4.69, 9.17) is 14.2 Å². The van der Waals surface area contributed by atoms with E-state index in [-0.39, 0.29) is 0 Å². The average Bonchev–Trinajstić information content (AvgIpc) is 2.44. The topological polar surface area (TPSA) is 63.5 Å². The van der Waals surface area contributed by atoms with Crippen LogP contribution in [0.1, 0.15) is 40.0 Å². The molecule has 0 aromatic carbocycles. The van der Waals surface area contributed by atoms with Crippen LogP contribution in [0.2, 0.25) is 0 Å². The van der Waals surface area contributed by atoms with E-state index in [1.54, 1.807) is 7.11 Å². The first-order chi connectivity index (χ1) is 9.60. The number of hydrogen-bond acceptors (Lipinski definition) is 5. The standard InChI is InChI=1S/C15H30N2O3/c1-5-15(13-16,17-14(2)3)7-6-8-19-11-12-20-10-9-18-4/h14,17H,5-12H2,1-4H3. The summed E-state index contributed by atoms with van der Waals surface area (Å²) < 4.78 is 15.7. The van der Waals surface area contributed by atoms with E-state index in [2.05, 4.69) is 25.2 Å². The molecule has 118 valence electrons. The van der Waals surface area contributed by atoms with Crippen molar-refractivity contribution in [3.63, 3.8) is 0 Å². The molecule has 5 nitrogen and oxygen atoms in total. The monoisotopic (exact) mass is 286 g/mol. The predicted molar refractivity (Wildman–Crippen MR) is 79.7 cm³/mol. The molecule has 0 amide bonds. The molecular weight excluding hydrogens is 256 g/mol. The van der Waals surface area contributed by atoms with Crippen LogP contribution in [0, 0.1) is 11.3 Å². The van der Waals surface area contributed by atoms with E-state index >= 15 is 0 Å². The fraction of sp³-hybridized carbons (Fsp3) is 0.933. The highest BCUT2D eigenvalue weighted by Gasteiger charge is 2.27. The largest absolute Gasteiger partial charge is 0.382 e. The normalized spacial score (nSPS) is 14.2. The molecule has 1 unspecified atom stereocenters. The highest BCUT2D eigenvalue weighted by atomic mass is 16.5. The number of hydrogen-bond donors (Lipinski definition) is 1. The van der Waals surface area contributed by atoms with Crippen molar-refractivity contribution in [2.75, 3.05) is 40.1 Å². The molecule has 5 heteroatoms. The lowest BCUT2D eigenvalue weighted by Crippen LogP contribution is -2.47. The molecule has 0 aliphatic heterocycles. The Morgan fingerprint density at radius 1 is 1.10 bits per heavy atom. The highest BCUT2D eigenvalue weighted by molar-refractivity contribution is 5.06. The molecule has 0 aliphatic carbocycles. The van der Waals surface area contributed by atoms with Gasteiger partial charge in [-0.3, -0.25) is 5.32 Å². The highest BCUT2D eigenvalue weighted by Crippen LogP contribution is 2.17. The number of rotatable bonds is 13. The molecule has 20 heavy (non-hydrogen) atoms. The van der Waals surface area contributed by atoms with Gasteiger partial charge in [0.05, 0.1) is 32.5 Å². The SMILES string of the molecule is CCC(C#N)(CCCOCCOCCOC)NC(C)C. The molecule has 0 rings (SSSR count). The Bertz CT molecular complexity index is 266. The summed E-state index contributed by atoms with van der Waals surface area (Å²) in [5, 5.41) is 12.7. The molecule has 0 aromatic heterocycles. The van der Waals surface area contributed by atoms with Crippen molar-refractivity contribution < 1.29 is 14.2 Å². The molecule has 0 saturated carbocycles. The fourth-order valence-corrected chi connectivity index (χ4v) is 2.01. The Hall–Kier alpha value is -0.670. The summed E-state index contributed by atoms with van der Waals surface area (Å²) in [4.78, 5) is 0. The summed E-state index contributed by atoms with van der Waals surface area (Å²) >= 11 is 0. The average molecular weight is 286 g/mol. The number of ether oxygens (including phenoxy) is 3. The van der Waals surface area contributed by atoms with Crippen molar-refractivity contribution in [3.05, 3.63) is 0 Å². The molecule has 0 radical (unpaired) electrons. The molecule has 0 heterocycles. The lowest BCUT2D eigenvalue weighted by Gasteiger charge is -2.29. The van der Waals surface area contributed by atoms with Crippen LogP contribution in [-0.2, 0) is 14.2 Å². The third-order valence-electron chi connectivity index (χ3n) is 3.08. The van der Waals surface area contributed by atoms with Crippen molar-refractivity contribution in [2.45, 2.75) is 51.6 Å². The summed E-state index contributed by atoms with van der Waals surface area (Å²) in [7, 11) is 1.65. The molecule has 0 aliphatic rings. The van der Waals surface area contributed by atoms with Crippen LogP contribution in [0.5, 0.6) is 0 Å². The van der Waals surface area contributed by atoms with Crippen molar-refractivity contribution in [1.29, 1.82) is 5.26 Å². The second kappa shape index (κ2) is 12.1. The molecule has 0 spiro atoms. The molecule has 1 atom stereocenters. The smallest absolute Gasteiger partial charge is 0.106 e. The van der Waals surface area contributed by atoms with Gasteiger partial charge in [0, 0.05) is 19.8 Å². The molecule has 0 saturated heterocycles. The minimum Gasteiger partial charge on any atom is -0.382 e. The summed E-state index contributed by atoms with van der Waals surface area (Å²) in [6.45, 7) is 9.23. The third-order valence-corrected chi connectivity index (χ3v) is 3.08. The van der Waals surface area contributed by atoms with Crippen molar-refractivity contribution in [2.24, 2.45) is 0 Å². The van der Waals surface area contributed by atoms with Crippen molar-refractivity contribution >= 4 is 0 Å². The van der Waals surface area contributed by atoms with Gasteiger partial charge in [-0.05, 0) is 33.1 Å². The van der Waals surface area contributed by atoms with Gasteiger partial charge in [-0.15, -0.1) is 0 Å². The van der Waals surface area contributed by atoms with Crippen molar-refractivity contribution in [1.82, 2.24) is 5.32 Å². The van der Waals surface area contributed by atoms with Gasteiger partial charge in [-0.2, -0.15) is 5.26 Å². The van der Waals surface area contributed by atoms with E-state index in [1.165, 1.54) is 0 Å². The summed E-state index contributed by atoms with van der Waals surface area (Å²) in [5.41, 5.74) is -0.424. The van der Waals surface area contributed by atoms with Gasteiger partial charge in [0.1, 0.15) is 5.54 Å². The zero-order valence-electron chi connectivity index (χ0n) is 13.4. The van der Waals surface area contributed by atoms with Gasteiger partial charge < -0.3 is 14.2 Å². The Morgan fingerprint density at radius 2 is 1.70 bits per heavy atom. The number of methoxy groups -OCH3 is 1. The van der Waals surface area contributed by atoms with Crippen LogP contribution in [0.25, 0.3) is 0 Å². The summed E-state index contributed by atoms with van der Waals surface area (Å²) in [6.07, 6.45) is 2.49. The Morgan fingerprint density at radius 3 is 2.20 bits per heavy atom. The van der Waals surface area contributed by atoms with Crippen molar-refractivity contribution in [3.8, 4) is 6.07 Å². The fourth-order valence-electron chi connectivity index (χ4n) is 2.01. The van der Waals surface area contributed by atoms with Gasteiger partial charge in [0.2, 0.25) is 0 Å². The Kier molecular flexibility index (Phi) is 11.7. The maximum atomic E-state index is 9.36. The van der Waals surface area contributed by atoms with E-state index in [1.807, 2.05) is 6.92 Å². The first-order valence-corrected chi connectivity index (χ1v) is 7.43. The van der Waals surface area contributed by atoms with Crippen LogP contribution in [0.4, 0.5) is 0 Å². The maximum Gasteiger partial charge on any atom is 0.106 e. The third kappa shape index (κ3) is 9.27. The summed E-state index contributed by atoms with van der Waals surface area (Å²) in [5.74, 6) is 0. The lowest BCUT2D eigenvalue weighted by molar-refractivity contribution is 0.0231. The molecule has 0 aromatic rings. The first-order valence-electron chi connectivity index (χ1n) is 7.43. The van der Waals surface area contributed by atoms with Crippen LogP contribution in [0.3, 0.4) is 0 Å². The molecular formula is C15H30N2O3. The lowest BCUT2D eigenvalue weighted by atomic mass is 9.91. The zero-order valence-corrected chi connectivity index (χ0v) is 13.4. The number of nitriles is 1. The van der Waals surface area contributed by atoms with E-state index in [9.17, 15) is 5.26 Å². The van der Waals surface area contributed by atoms with E-state index < -0.39 is 5.54 Å². The maximum absolute atomic E-state index is 9.36. The van der Waals surface area contributed by atoms with E-state index in [0.29, 0.717) is 39.1 Å². The quantitative estimate of drug-likeness (QED) is 0.525. The van der Waals surface area contributed by atoms with Gasteiger partial charge in [0.15, 0.2) is 0 Å². The van der Waals surface area contributed by atoms with Crippen LogP contribution < -0.4 is 5.32 Å². The van der Waals surface area contributed by atoms with E-state index in [0.717, 1.165) is 19.3 Å². The molecule has 0 bridgehead atoms. The second-order valence-corrected chi connectivity index (χ2v) is 5.17. The van der Waals surface area contributed by atoms with Gasteiger partial charge in [0.25, 0.3) is 0 Å². The summed E-state index contributed by atoms with van der Waals surface area (Å²) in [6, 6.07) is 2.73. The zero-order chi connectivity index (χ0) is 15.3.